The first-order valence-electron chi connectivity index (χ1n) is 6.16. The highest BCUT2D eigenvalue weighted by molar-refractivity contribution is 7.99. The van der Waals surface area contributed by atoms with E-state index in [-0.39, 0.29) is 5.60 Å². The van der Waals surface area contributed by atoms with Crippen molar-refractivity contribution in [3.05, 3.63) is 35.4 Å². The van der Waals surface area contributed by atoms with Crippen LogP contribution in [0.2, 0.25) is 0 Å². The molecule has 1 aliphatic rings. The third kappa shape index (κ3) is 2.94. The second kappa shape index (κ2) is 6.36. The van der Waals surface area contributed by atoms with Gasteiger partial charge in [-0.25, -0.2) is 0 Å². The molecule has 2 rings (SSSR count). The fraction of sp³-hybridized carbons (Fsp3) is 0.500. The first-order valence-corrected chi connectivity index (χ1v) is 7.31. The van der Waals surface area contributed by atoms with E-state index in [1.807, 2.05) is 36.0 Å². The summed E-state index contributed by atoms with van der Waals surface area (Å²) in [6.45, 7) is 4.08. The average Bonchev–Trinajstić information content (AvgIpc) is 2.37. The zero-order valence-electron chi connectivity index (χ0n) is 10.6. The first-order chi connectivity index (χ1) is 8.80. The Hall–Kier alpha value is -0.840. The van der Waals surface area contributed by atoms with Crippen molar-refractivity contribution >= 4 is 18.0 Å². The number of hydrogen-bond donors (Lipinski definition) is 0. The lowest BCUT2D eigenvalue weighted by Gasteiger charge is -2.41. The molecule has 1 saturated heterocycles. The maximum absolute atomic E-state index is 10.6. The second-order valence-corrected chi connectivity index (χ2v) is 5.67. The number of benzene rings is 1. The summed E-state index contributed by atoms with van der Waals surface area (Å²) in [5, 5.41) is 0. The molecular formula is C14H18O3S. The number of thioether (sulfide) groups is 1. The molecule has 1 aromatic carbocycles. The van der Waals surface area contributed by atoms with Gasteiger partial charge in [0.1, 0.15) is 11.9 Å². The molecular weight excluding hydrogens is 248 g/mol. The van der Waals surface area contributed by atoms with Crippen LogP contribution in [0.1, 0.15) is 22.8 Å². The van der Waals surface area contributed by atoms with Crippen molar-refractivity contribution in [3.63, 3.8) is 0 Å². The van der Waals surface area contributed by atoms with Crippen molar-refractivity contribution < 1.29 is 14.3 Å². The summed E-state index contributed by atoms with van der Waals surface area (Å²) in [7, 11) is 0. The molecule has 98 valence electrons. The van der Waals surface area contributed by atoms with Gasteiger partial charge in [-0.05, 0) is 11.3 Å². The molecule has 0 spiro atoms. The van der Waals surface area contributed by atoms with Gasteiger partial charge in [0, 0.05) is 11.3 Å². The normalized spacial score (nSPS) is 17.2. The van der Waals surface area contributed by atoms with Crippen LogP contribution >= 0.6 is 11.8 Å². The van der Waals surface area contributed by atoms with Gasteiger partial charge in [0.05, 0.1) is 19.8 Å². The Morgan fingerprint density at radius 3 is 2.61 bits per heavy atom. The minimum Gasteiger partial charge on any atom is -0.375 e. The van der Waals surface area contributed by atoms with Crippen molar-refractivity contribution in [2.45, 2.75) is 12.5 Å². The van der Waals surface area contributed by atoms with Crippen LogP contribution in [0.25, 0.3) is 0 Å². The number of rotatable bonds is 7. The van der Waals surface area contributed by atoms with E-state index in [0.717, 1.165) is 30.0 Å². The summed E-state index contributed by atoms with van der Waals surface area (Å²) < 4.78 is 11.3. The van der Waals surface area contributed by atoms with Crippen LogP contribution in [0.3, 0.4) is 0 Å². The molecule has 1 fully saturated rings. The molecule has 0 unspecified atom stereocenters. The lowest BCUT2D eigenvalue weighted by atomic mass is 9.91. The Balaban J connectivity index is 1.99. The summed E-state index contributed by atoms with van der Waals surface area (Å²) in [6, 6.07) is 7.57. The predicted molar refractivity (Wildman–Crippen MR) is 73.3 cm³/mol. The zero-order valence-corrected chi connectivity index (χ0v) is 11.4. The van der Waals surface area contributed by atoms with Gasteiger partial charge in [-0.3, -0.25) is 4.79 Å². The lowest BCUT2D eigenvalue weighted by Crippen LogP contribution is -2.49. The molecule has 1 aliphatic heterocycles. The maximum Gasteiger partial charge on any atom is 0.150 e. The minimum absolute atomic E-state index is 0.296. The van der Waals surface area contributed by atoms with E-state index in [1.165, 1.54) is 0 Å². The molecule has 4 heteroatoms. The average molecular weight is 266 g/mol. The Morgan fingerprint density at radius 2 is 2.11 bits per heavy atom. The van der Waals surface area contributed by atoms with Crippen LogP contribution in [-0.2, 0) is 15.1 Å². The van der Waals surface area contributed by atoms with Crippen molar-refractivity contribution in [1.29, 1.82) is 0 Å². The van der Waals surface area contributed by atoms with Gasteiger partial charge in [0.15, 0.2) is 0 Å². The molecule has 0 aliphatic carbocycles. The second-order valence-electron chi connectivity index (χ2n) is 4.27. The highest BCUT2D eigenvalue weighted by Crippen LogP contribution is 2.33. The van der Waals surface area contributed by atoms with E-state index >= 15 is 0 Å². The Labute approximate surface area is 112 Å². The molecule has 0 N–H and O–H groups in total. The van der Waals surface area contributed by atoms with Crippen LogP contribution in [0.4, 0.5) is 0 Å². The van der Waals surface area contributed by atoms with E-state index in [4.69, 9.17) is 9.47 Å². The van der Waals surface area contributed by atoms with Gasteiger partial charge in [0.2, 0.25) is 0 Å². The van der Waals surface area contributed by atoms with Gasteiger partial charge < -0.3 is 9.47 Å². The minimum atomic E-state index is -0.296. The van der Waals surface area contributed by atoms with Gasteiger partial charge in [-0.1, -0.05) is 31.2 Å². The Bertz CT molecular complexity index is 385. The fourth-order valence-corrected chi connectivity index (χ4v) is 2.42. The quantitative estimate of drug-likeness (QED) is 0.561. The van der Waals surface area contributed by atoms with Gasteiger partial charge in [-0.2, -0.15) is 11.8 Å². The first kappa shape index (κ1) is 13.6. The standard InChI is InChI=1S/C14H18O3S/c1-2-18-8-7-17-14(10-16-11-14)13-5-3-12(9-15)4-6-13/h3-6,9H,2,7-8,10-11H2,1H3. The van der Waals surface area contributed by atoms with E-state index in [1.54, 1.807) is 0 Å². The predicted octanol–water partition coefficient (Wildman–Crippen LogP) is 2.49. The van der Waals surface area contributed by atoms with Gasteiger partial charge in [0.25, 0.3) is 0 Å². The van der Waals surface area contributed by atoms with E-state index in [9.17, 15) is 4.79 Å². The third-order valence-electron chi connectivity index (χ3n) is 3.05. The molecule has 0 aromatic heterocycles. The highest BCUT2D eigenvalue weighted by atomic mass is 32.2. The SMILES string of the molecule is CCSCCOC1(c2ccc(C=O)cc2)COC1. The van der Waals surface area contributed by atoms with Crippen LogP contribution in [0.5, 0.6) is 0 Å². The Morgan fingerprint density at radius 1 is 1.39 bits per heavy atom. The van der Waals surface area contributed by atoms with Crippen LogP contribution in [0.15, 0.2) is 24.3 Å². The number of aldehydes is 1. The van der Waals surface area contributed by atoms with Crippen molar-refractivity contribution in [2.75, 3.05) is 31.3 Å². The van der Waals surface area contributed by atoms with Gasteiger partial charge in [-0.15, -0.1) is 0 Å². The molecule has 0 atom stereocenters. The molecule has 0 radical (unpaired) electrons. The summed E-state index contributed by atoms with van der Waals surface area (Å²) in [5.74, 6) is 2.12. The van der Waals surface area contributed by atoms with Gasteiger partial charge >= 0.3 is 0 Å². The van der Waals surface area contributed by atoms with Crippen molar-refractivity contribution in [2.24, 2.45) is 0 Å². The number of ether oxygens (including phenoxy) is 2. The molecule has 1 aromatic rings. The summed E-state index contributed by atoms with van der Waals surface area (Å²) in [6.07, 6.45) is 0.854. The fourth-order valence-electron chi connectivity index (χ4n) is 1.93. The van der Waals surface area contributed by atoms with E-state index in [2.05, 4.69) is 6.92 Å². The molecule has 0 amide bonds. The van der Waals surface area contributed by atoms with E-state index < -0.39 is 0 Å². The Kier molecular flexibility index (Phi) is 4.80. The zero-order chi connectivity index (χ0) is 12.8. The number of hydrogen-bond acceptors (Lipinski definition) is 4. The van der Waals surface area contributed by atoms with Crippen LogP contribution in [-0.4, -0.2) is 37.6 Å². The summed E-state index contributed by atoms with van der Waals surface area (Å²) in [5.41, 5.74) is 1.49. The van der Waals surface area contributed by atoms with Crippen LogP contribution < -0.4 is 0 Å². The molecule has 3 nitrogen and oxygen atoms in total. The third-order valence-corrected chi connectivity index (χ3v) is 3.92. The molecule has 1 heterocycles. The largest absolute Gasteiger partial charge is 0.375 e. The lowest BCUT2D eigenvalue weighted by molar-refractivity contribution is -0.214. The van der Waals surface area contributed by atoms with Crippen molar-refractivity contribution in [3.8, 4) is 0 Å². The molecule has 0 saturated carbocycles. The topological polar surface area (TPSA) is 35.5 Å². The molecule has 0 bridgehead atoms. The summed E-state index contributed by atoms with van der Waals surface area (Å²) in [4.78, 5) is 10.6. The smallest absolute Gasteiger partial charge is 0.150 e. The van der Waals surface area contributed by atoms with Crippen molar-refractivity contribution in [1.82, 2.24) is 0 Å². The molecule has 18 heavy (non-hydrogen) atoms. The maximum atomic E-state index is 10.6. The number of carbonyl (C=O) groups is 1. The number of carbonyl (C=O) groups excluding carboxylic acids is 1. The summed E-state index contributed by atoms with van der Waals surface area (Å²) >= 11 is 1.87. The van der Waals surface area contributed by atoms with Crippen LogP contribution in [0, 0.1) is 0 Å². The monoisotopic (exact) mass is 266 g/mol. The highest BCUT2D eigenvalue weighted by Gasteiger charge is 2.41. The van der Waals surface area contributed by atoms with E-state index in [0.29, 0.717) is 18.8 Å².